The number of aromatic nitrogens is 1. The molecule has 20 heavy (non-hydrogen) atoms. The summed E-state index contributed by atoms with van der Waals surface area (Å²) in [7, 11) is 0. The highest BCUT2D eigenvalue weighted by Crippen LogP contribution is 2.42. The van der Waals surface area contributed by atoms with Gasteiger partial charge in [0.05, 0.1) is 0 Å². The molecule has 1 aliphatic rings. The van der Waals surface area contributed by atoms with Crippen LogP contribution >= 0.6 is 0 Å². The molecule has 0 amide bonds. The van der Waals surface area contributed by atoms with Crippen molar-refractivity contribution < 1.29 is 0 Å². The van der Waals surface area contributed by atoms with Crippen molar-refractivity contribution in [2.75, 3.05) is 6.54 Å². The number of hydrogen-bond donors (Lipinski definition) is 2. The lowest BCUT2D eigenvalue weighted by molar-refractivity contribution is 0.303. The molecule has 2 aromatic rings. The Morgan fingerprint density at radius 2 is 1.95 bits per heavy atom. The summed E-state index contributed by atoms with van der Waals surface area (Å²) in [4.78, 5) is 3.46. The molecule has 0 saturated heterocycles. The summed E-state index contributed by atoms with van der Waals surface area (Å²) in [5.41, 5.74) is 10.5. The van der Waals surface area contributed by atoms with Gasteiger partial charge in [-0.15, -0.1) is 0 Å². The van der Waals surface area contributed by atoms with E-state index in [4.69, 9.17) is 5.73 Å². The van der Waals surface area contributed by atoms with Gasteiger partial charge in [0.15, 0.2) is 0 Å². The van der Waals surface area contributed by atoms with Crippen molar-refractivity contribution in [2.45, 2.75) is 57.3 Å². The van der Waals surface area contributed by atoms with E-state index in [0.717, 1.165) is 6.54 Å². The summed E-state index contributed by atoms with van der Waals surface area (Å²) < 4.78 is 0. The van der Waals surface area contributed by atoms with E-state index < -0.39 is 0 Å². The van der Waals surface area contributed by atoms with Crippen molar-refractivity contribution in [1.29, 1.82) is 0 Å². The minimum atomic E-state index is 0.200. The monoisotopic (exact) mass is 270 g/mol. The highest BCUT2D eigenvalue weighted by atomic mass is 14.7. The van der Waals surface area contributed by atoms with Gasteiger partial charge in [-0.25, -0.2) is 0 Å². The molecule has 0 unspecified atom stereocenters. The molecule has 1 saturated carbocycles. The predicted molar refractivity (Wildman–Crippen MR) is 86.2 cm³/mol. The maximum atomic E-state index is 6.20. The summed E-state index contributed by atoms with van der Waals surface area (Å²) >= 11 is 0. The van der Waals surface area contributed by atoms with E-state index in [1.807, 2.05) is 0 Å². The van der Waals surface area contributed by atoms with Gasteiger partial charge in [-0.3, -0.25) is 0 Å². The zero-order valence-electron chi connectivity index (χ0n) is 12.7. The van der Waals surface area contributed by atoms with E-state index in [-0.39, 0.29) is 5.41 Å². The predicted octanol–water partition coefficient (Wildman–Crippen LogP) is 4.45. The summed E-state index contributed by atoms with van der Waals surface area (Å²) in [6, 6.07) is 6.84. The molecule has 1 aromatic carbocycles. The molecule has 1 aliphatic carbocycles. The normalized spacial score (nSPS) is 18.8. The van der Waals surface area contributed by atoms with Gasteiger partial charge in [0, 0.05) is 29.1 Å². The van der Waals surface area contributed by atoms with Crippen LogP contribution in [0.25, 0.3) is 10.9 Å². The largest absolute Gasteiger partial charge is 0.361 e. The Morgan fingerprint density at radius 1 is 1.20 bits per heavy atom. The van der Waals surface area contributed by atoms with E-state index in [1.165, 1.54) is 54.1 Å². The highest BCUT2D eigenvalue weighted by Gasteiger charge is 2.34. The van der Waals surface area contributed by atoms with Crippen molar-refractivity contribution in [3.05, 3.63) is 35.5 Å². The standard InChI is InChI=1S/C18H26N2/c1-13(2)14-6-7-17-15(10-14)16(11-20-17)18(12-19)8-4-3-5-9-18/h6-7,10-11,13,20H,3-5,8-9,12,19H2,1-2H3. The summed E-state index contributed by atoms with van der Waals surface area (Å²) in [6.45, 7) is 5.28. The maximum Gasteiger partial charge on any atom is 0.0457 e. The molecule has 3 rings (SSSR count). The van der Waals surface area contributed by atoms with Crippen LogP contribution in [0.15, 0.2) is 24.4 Å². The van der Waals surface area contributed by atoms with Crippen molar-refractivity contribution in [3.63, 3.8) is 0 Å². The first-order chi connectivity index (χ1) is 9.66. The average Bonchev–Trinajstić information content (AvgIpc) is 2.91. The minimum Gasteiger partial charge on any atom is -0.361 e. The lowest BCUT2D eigenvalue weighted by Crippen LogP contribution is -2.36. The summed E-state index contributed by atoms with van der Waals surface area (Å²) in [5, 5.41) is 1.39. The molecule has 0 aliphatic heterocycles. The van der Waals surface area contributed by atoms with Crippen LogP contribution in [0.1, 0.15) is 63.0 Å². The summed E-state index contributed by atoms with van der Waals surface area (Å²) in [5.74, 6) is 0.572. The topological polar surface area (TPSA) is 41.8 Å². The molecule has 0 atom stereocenters. The molecular weight excluding hydrogens is 244 g/mol. The van der Waals surface area contributed by atoms with E-state index in [9.17, 15) is 0 Å². The van der Waals surface area contributed by atoms with E-state index in [2.05, 4.69) is 43.2 Å². The van der Waals surface area contributed by atoms with Crippen LogP contribution in [0.2, 0.25) is 0 Å². The van der Waals surface area contributed by atoms with Gasteiger partial charge in [-0.1, -0.05) is 39.2 Å². The van der Waals surface area contributed by atoms with Gasteiger partial charge < -0.3 is 10.7 Å². The van der Waals surface area contributed by atoms with Crippen LogP contribution in [0.4, 0.5) is 0 Å². The SMILES string of the molecule is CC(C)c1ccc2[nH]cc(C3(CN)CCCCC3)c2c1. The van der Waals surface area contributed by atoms with Crippen LogP contribution in [0, 0.1) is 0 Å². The summed E-state index contributed by atoms with van der Waals surface area (Å²) in [6.07, 6.45) is 8.68. The Labute approximate surface area is 121 Å². The van der Waals surface area contributed by atoms with E-state index >= 15 is 0 Å². The van der Waals surface area contributed by atoms with E-state index in [1.54, 1.807) is 0 Å². The van der Waals surface area contributed by atoms with Gasteiger partial charge in [0.2, 0.25) is 0 Å². The molecular formula is C18H26N2. The van der Waals surface area contributed by atoms with Crippen molar-refractivity contribution >= 4 is 10.9 Å². The molecule has 1 aromatic heterocycles. The first kappa shape index (κ1) is 13.7. The zero-order chi connectivity index (χ0) is 14.2. The van der Waals surface area contributed by atoms with Gasteiger partial charge in [0.25, 0.3) is 0 Å². The van der Waals surface area contributed by atoms with E-state index in [0.29, 0.717) is 5.92 Å². The number of nitrogens with one attached hydrogen (secondary N) is 1. The number of aromatic amines is 1. The Hall–Kier alpha value is -1.28. The second kappa shape index (κ2) is 5.25. The lowest BCUT2D eigenvalue weighted by Gasteiger charge is -2.36. The van der Waals surface area contributed by atoms with Gasteiger partial charge >= 0.3 is 0 Å². The fourth-order valence-electron chi connectivity index (χ4n) is 3.75. The van der Waals surface area contributed by atoms with Crippen LogP contribution in [-0.2, 0) is 5.41 Å². The van der Waals surface area contributed by atoms with Gasteiger partial charge in [0.1, 0.15) is 0 Å². The second-order valence-electron chi connectivity index (χ2n) is 6.71. The number of hydrogen-bond acceptors (Lipinski definition) is 1. The quantitative estimate of drug-likeness (QED) is 0.850. The third-order valence-corrected chi connectivity index (χ3v) is 5.15. The van der Waals surface area contributed by atoms with Crippen LogP contribution < -0.4 is 5.73 Å². The number of H-pyrrole nitrogens is 1. The van der Waals surface area contributed by atoms with Crippen molar-refractivity contribution in [2.24, 2.45) is 5.73 Å². The van der Waals surface area contributed by atoms with Crippen molar-refractivity contribution in [3.8, 4) is 0 Å². The number of fused-ring (bicyclic) bond motifs is 1. The molecule has 1 fully saturated rings. The Morgan fingerprint density at radius 3 is 2.60 bits per heavy atom. The van der Waals surface area contributed by atoms with Crippen molar-refractivity contribution in [1.82, 2.24) is 4.98 Å². The first-order valence-corrected chi connectivity index (χ1v) is 7.98. The minimum absolute atomic E-state index is 0.200. The molecule has 0 spiro atoms. The maximum absolute atomic E-state index is 6.20. The smallest absolute Gasteiger partial charge is 0.0457 e. The highest BCUT2D eigenvalue weighted by molar-refractivity contribution is 5.85. The fraction of sp³-hybridized carbons (Fsp3) is 0.556. The zero-order valence-corrected chi connectivity index (χ0v) is 12.7. The third kappa shape index (κ3) is 2.16. The first-order valence-electron chi connectivity index (χ1n) is 7.98. The molecule has 0 bridgehead atoms. The lowest BCUT2D eigenvalue weighted by atomic mass is 9.69. The Balaban J connectivity index is 2.12. The molecule has 108 valence electrons. The Bertz CT molecular complexity index is 588. The van der Waals surface area contributed by atoms with Crippen LogP contribution in [0.5, 0.6) is 0 Å². The van der Waals surface area contributed by atoms with Gasteiger partial charge in [-0.2, -0.15) is 0 Å². The average molecular weight is 270 g/mol. The number of rotatable bonds is 3. The van der Waals surface area contributed by atoms with Gasteiger partial charge in [-0.05, 0) is 42.0 Å². The molecule has 2 heteroatoms. The molecule has 1 heterocycles. The fourth-order valence-corrected chi connectivity index (χ4v) is 3.75. The number of nitrogens with two attached hydrogens (primary N) is 1. The van der Waals surface area contributed by atoms with Crippen LogP contribution in [-0.4, -0.2) is 11.5 Å². The van der Waals surface area contributed by atoms with Crippen LogP contribution in [0.3, 0.4) is 0 Å². The molecule has 0 radical (unpaired) electrons. The number of benzene rings is 1. The molecule has 3 N–H and O–H groups in total. The Kier molecular flexibility index (Phi) is 3.59. The third-order valence-electron chi connectivity index (χ3n) is 5.15. The molecule has 2 nitrogen and oxygen atoms in total. The second-order valence-corrected chi connectivity index (χ2v) is 6.71.